The molecule has 0 aliphatic carbocycles. The Morgan fingerprint density at radius 3 is 2.80 bits per heavy atom. The first-order valence-corrected chi connectivity index (χ1v) is 6.33. The lowest BCUT2D eigenvalue weighted by molar-refractivity contribution is 0.414. The molecule has 0 spiro atoms. The van der Waals surface area contributed by atoms with E-state index in [1.165, 1.54) is 17.5 Å². The van der Waals surface area contributed by atoms with Crippen LogP contribution in [0.2, 0.25) is 0 Å². The average Bonchev–Trinajstić information content (AvgIpc) is 2.29. The summed E-state index contributed by atoms with van der Waals surface area (Å²) in [5.41, 5.74) is 2.53. The molecule has 82 valence electrons. The monoisotopic (exact) mass is 268 g/mol. The van der Waals surface area contributed by atoms with Gasteiger partial charge in [-0.1, -0.05) is 47.5 Å². The van der Waals surface area contributed by atoms with Crippen molar-refractivity contribution < 1.29 is 4.74 Å². The van der Waals surface area contributed by atoms with E-state index in [0.717, 1.165) is 17.5 Å². The van der Waals surface area contributed by atoms with Crippen LogP contribution in [0.1, 0.15) is 30.9 Å². The van der Waals surface area contributed by atoms with Crippen molar-refractivity contribution in [2.75, 3.05) is 7.11 Å². The van der Waals surface area contributed by atoms with Gasteiger partial charge in [0.2, 0.25) is 0 Å². The van der Waals surface area contributed by atoms with E-state index in [2.05, 4.69) is 47.1 Å². The Balaban J connectivity index is 2.87. The van der Waals surface area contributed by atoms with E-state index in [1.54, 1.807) is 7.11 Å². The molecule has 0 atom stereocenters. The van der Waals surface area contributed by atoms with Gasteiger partial charge in [0.25, 0.3) is 0 Å². The number of alkyl halides is 1. The largest absolute Gasteiger partial charge is 0.497 e. The lowest BCUT2D eigenvalue weighted by Gasteiger charge is -2.05. The Bertz CT molecular complexity index is 331. The number of hydrogen-bond donors (Lipinski definition) is 0. The van der Waals surface area contributed by atoms with Crippen molar-refractivity contribution in [1.82, 2.24) is 0 Å². The van der Waals surface area contributed by atoms with E-state index in [4.69, 9.17) is 4.74 Å². The molecule has 1 rings (SSSR count). The molecule has 0 amide bonds. The normalized spacial score (nSPS) is 10.9. The van der Waals surface area contributed by atoms with E-state index in [9.17, 15) is 0 Å². The third-order valence-corrected chi connectivity index (χ3v) is 2.85. The van der Waals surface area contributed by atoms with Gasteiger partial charge in [-0.2, -0.15) is 0 Å². The summed E-state index contributed by atoms with van der Waals surface area (Å²) in [5, 5.41) is 0.857. The number of benzene rings is 1. The third-order valence-electron chi connectivity index (χ3n) is 2.25. The minimum atomic E-state index is 0.857. The van der Waals surface area contributed by atoms with Gasteiger partial charge in [-0.3, -0.25) is 0 Å². The Hall–Kier alpha value is -0.760. The van der Waals surface area contributed by atoms with Gasteiger partial charge in [-0.05, 0) is 29.7 Å². The smallest absolute Gasteiger partial charge is 0.119 e. The number of rotatable bonds is 5. The zero-order valence-corrected chi connectivity index (χ0v) is 10.9. The standard InChI is InChI=1S/C13H17BrO/c1-3-4-5-6-11-7-8-13(15-2)9-12(11)10-14/h5-9H,3-4,10H2,1-2H3/b6-5+. The number of hydrogen-bond acceptors (Lipinski definition) is 1. The highest BCUT2D eigenvalue weighted by molar-refractivity contribution is 9.08. The highest BCUT2D eigenvalue weighted by atomic mass is 79.9. The highest BCUT2D eigenvalue weighted by Crippen LogP contribution is 2.21. The summed E-state index contributed by atoms with van der Waals surface area (Å²) < 4.78 is 5.19. The van der Waals surface area contributed by atoms with Gasteiger partial charge in [0.05, 0.1) is 7.11 Å². The lowest BCUT2D eigenvalue weighted by atomic mass is 10.1. The molecule has 0 aliphatic rings. The van der Waals surface area contributed by atoms with Crippen molar-refractivity contribution in [3.05, 3.63) is 35.4 Å². The zero-order valence-electron chi connectivity index (χ0n) is 9.29. The van der Waals surface area contributed by atoms with Crippen molar-refractivity contribution in [3.63, 3.8) is 0 Å². The van der Waals surface area contributed by atoms with Crippen LogP contribution in [0.4, 0.5) is 0 Å². The zero-order chi connectivity index (χ0) is 11.1. The molecule has 1 aromatic rings. The maximum Gasteiger partial charge on any atom is 0.119 e. The van der Waals surface area contributed by atoms with Gasteiger partial charge in [0.15, 0.2) is 0 Å². The maximum atomic E-state index is 5.19. The quantitative estimate of drug-likeness (QED) is 0.720. The molecule has 0 N–H and O–H groups in total. The van der Waals surface area contributed by atoms with Crippen molar-refractivity contribution in [2.45, 2.75) is 25.1 Å². The molecule has 1 aromatic carbocycles. The van der Waals surface area contributed by atoms with E-state index < -0.39 is 0 Å². The summed E-state index contributed by atoms with van der Waals surface area (Å²) >= 11 is 3.49. The van der Waals surface area contributed by atoms with Gasteiger partial charge < -0.3 is 4.74 Å². The number of ether oxygens (including phenoxy) is 1. The minimum absolute atomic E-state index is 0.857. The SMILES string of the molecule is CCC/C=C/c1ccc(OC)cc1CBr. The number of allylic oxidation sites excluding steroid dienone is 1. The first-order valence-electron chi connectivity index (χ1n) is 5.21. The molecule has 1 nitrogen and oxygen atoms in total. The summed E-state index contributed by atoms with van der Waals surface area (Å²) in [6, 6.07) is 6.17. The van der Waals surface area contributed by atoms with Crippen LogP contribution in [-0.4, -0.2) is 7.11 Å². The fraction of sp³-hybridized carbons (Fsp3) is 0.385. The second-order valence-corrected chi connectivity index (χ2v) is 3.95. The molecule has 0 saturated carbocycles. The second kappa shape index (κ2) is 6.67. The number of halogens is 1. The van der Waals surface area contributed by atoms with Crippen LogP contribution >= 0.6 is 15.9 Å². The van der Waals surface area contributed by atoms with Crippen molar-refractivity contribution in [1.29, 1.82) is 0 Å². The Morgan fingerprint density at radius 2 is 2.20 bits per heavy atom. The van der Waals surface area contributed by atoms with E-state index >= 15 is 0 Å². The van der Waals surface area contributed by atoms with Gasteiger partial charge in [-0.25, -0.2) is 0 Å². The van der Waals surface area contributed by atoms with Gasteiger partial charge in [0.1, 0.15) is 5.75 Å². The van der Waals surface area contributed by atoms with Crippen LogP contribution in [0.25, 0.3) is 6.08 Å². The third kappa shape index (κ3) is 3.71. The number of unbranched alkanes of at least 4 members (excludes halogenated alkanes) is 1. The molecular formula is C13H17BrO. The van der Waals surface area contributed by atoms with Crippen LogP contribution in [0.5, 0.6) is 5.75 Å². The van der Waals surface area contributed by atoms with Crippen molar-refractivity contribution in [3.8, 4) is 5.75 Å². The predicted octanol–water partition coefficient (Wildman–Crippen LogP) is 4.40. The second-order valence-electron chi connectivity index (χ2n) is 3.39. The Labute approximate surface area is 100 Å². The molecule has 0 aromatic heterocycles. The Kier molecular flexibility index (Phi) is 5.48. The maximum absolute atomic E-state index is 5.19. The van der Waals surface area contributed by atoms with Crippen molar-refractivity contribution in [2.24, 2.45) is 0 Å². The molecule has 0 saturated heterocycles. The molecule has 2 heteroatoms. The molecule has 0 radical (unpaired) electrons. The van der Waals surface area contributed by atoms with Crippen molar-refractivity contribution >= 4 is 22.0 Å². The summed E-state index contributed by atoms with van der Waals surface area (Å²) in [6.45, 7) is 2.18. The van der Waals surface area contributed by atoms with Gasteiger partial charge in [-0.15, -0.1) is 0 Å². The molecule has 0 heterocycles. The fourth-order valence-corrected chi connectivity index (χ4v) is 1.85. The van der Waals surface area contributed by atoms with Crippen LogP contribution in [0.3, 0.4) is 0 Å². The van der Waals surface area contributed by atoms with E-state index in [-0.39, 0.29) is 0 Å². The number of methoxy groups -OCH3 is 1. The summed E-state index contributed by atoms with van der Waals surface area (Å²) in [6.07, 6.45) is 6.72. The van der Waals surface area contributed by atoms with E-state index in [1.807, 2.05) is 6.07 Å². The molecule has 0 fully saturated rings. The molecule has 15 heavy (non-hydrogen) atoms. The van der Waals surface area contributed by atoms with Gasteiger partial charge in [0, 0.05) is 5.33 Å². The van der Waals surface area contributed by atoms with E-state index in [0.29, 0.717) is 0 Å². The molecule has 0 bridgehead atoms. The van der Waals surface area contributed by atoms with Gasteiger partial charge >= 0.3 is 0 Å². The first-order chi connectivity index (χ1) is 7.31. The highest BCUT2D eigenvalue weighted by Gasteiger charge is 2.00. The lowest BCUT2D eigenvalue weighted by Crippen LogP contribution is -1.88. The molecular weight excluding hydrogens is 252 g/mol. The predicted molar refractivity (Wildman–Crippen MR) is 69.6 cm³/mol. The first kappa shape index (κ1) is 12.3. The summed E-state index contributed by atoms with van der Waals surface area (Å²) in [7, 11) is 1.69. The molecule has 0 aliphatic heterocycles. The van der Waals surface area contributed by atoms with Crippen LogP contribution in [-0.2, 0) is 5.33 Å². The molecule has 0 unspecified atom stereocenters. The summed E-state index contributed by atoms with van der Waals surface area (Å²) in [4.78, 5) is 0. The average molecular weight is 269 g/mol. The van der Waals surface area contributed by atoms with Crippen LogP contribution in [0, 0.1) is 0 Å². The van der Waals surface area contributed by atoms with Crippen LogP contribution in [0.15, 0.2) is 24.3 Å². The Morgan fingerprint density at radius 1 is 1.40 bits per heavy atom. The summed E-state index contributed by atoms with van der Waals surface area (Å²) in [5.74, 6) is 0.914. The van der Waals surface area contributed by atoms with Crippen LogP contribution < -0.4 is 4.74 Å². The topological polar surface area (TPSA) is 9.23 Å². The minimum Gasteiger partial charge on any atom is -0.497 e. The fourth-order valence-electron chi connectivity index (χ4n) is 1.36.